The van der Waals surface area contributed by atoms with Crippen LogP contribution in [0.3, 0.4) is 0 Å². The molecule has 0 bridgehead atoms. The highest BCUT2D eigenvalue weighted by Gasteiger charge is 2.01. The normalized spacial score (nSPS) is 10.8. The van der Waals surface area contributed by atoms with Gasteiger partial charge in [0.15, 0.2) is 0 Å². The number of unbranched alkanes of at least 4 members (excludes halogenated alkanes) is 2. The third-order valence-corrected chi connectivity index (χ3v) is 3.86. The van der Waals surface area contributed by atoms with E-state index >= 15 is 0 Å². The smallest absolute Gasteiger partial charge is 0.233 e. The van der Waals surface area contributed by atoms with E-state index in [2.05, 4.69) is 34.9 Å². The van der Waals surface area contributed by atoms with E-state index in [4.69, 9.17) is 5.84 Å². The van der Waals surface area contributed by atoms with Crippen molar-refractivity contribution in [3.8, 4) is 0 Å². The third kappa shape index (κ3) is 6.74. The molecule has 0 radical (unpaired) electrons. The van der Waals surface area contributed by atoms with Gasteiger partial charge in [0.2, 0.25) is 5.91 Å². The molecule has 1 aromatic heterocycles. The zero-order valence-electron chi connectivity index (χ0n) is 11.0. The molecule has 1 rings (SSSR count). The van der Waals surface area contributed by atoms with Gasteiger partial charge in [0.05, 0.1) is 0 Å². The standard InChI is InChI=1S/C13H23N3OS/c1-16(10-8-12-6-5-11-18-12)9-4-2-3-7-13(17)15-14/h5-6,11H,2-4,7-10,14H2,1H3,(H,15,17). The molecule has 18 heavy (non-hydrogen) atoms. The quantitative estimate of drug-likeness (QED) is 0.311. The summed E-state index contributed by atoms with van der Waals surface area (Å²) in [7, 11) is 2.15. The number of hydrazine groups is 1. The van der Waals surface area contributed by atoms with Gasteiger partial charge in [0.1, 0.15) is 0 Å². The average Bonchev–Trinajstić information content (AvgIpc) is 2.88. The number of likely N-dealkylation sites (N-methyl/N-ethyl adjacent to an activating group) is 1. The Morgan fingerprint density at radius 1 is 1.39 bits per heavy atom. The lowest BCUT2D eigenvalue weighted by atomic mass is 10.2. The van der Waals surface area contributed by atoms with Gasteiger partial charge in [-0.3, -0.25) is 10.2 Å². The van der Waals surface area contributed by atoms with Crippen LogP contribution in [-0.4, -0.2) is 30.9 Å². The van der Waals surface area contributed by atoms with Crippen LogP contribution in [0.25, 0.3) is 0 Å². The van der Waals surface area contributed by atoms with Gasteiger partial charge in [-0.05, 0) is 44.3 Å². The van der Waals surface area contributed by atoms with Crippen molar-refractivity contribution < 1.29 is 4.79 Å². The fraction of sp³-hybridized carbons (Fsp3) is 0.615. The first-order valence-corrected chi connectivity index (χ1v) is 7.30. The number of nitrogens with one attached hydrogen (secondary N) is 1. The molecular weight excluding hydrogens is 246 g/mol. The zero-order chi connectivity index (χ0) is 13.2. The fourth-order valence-electron chi connectivity index (χ4n) is 1.78. The predicted octanol–water partition coefficient (Wildman–Crippen LogP) is 1.77. The van der Waals surface area contributed by atoms with Crippen LogP contribution in [0.15, 0.2) is 17.5 Å². The minimum absolute atomic E-state index is 0.0685. The highest BCUT2D eigenvalue weighted by atomic mass is 32.1. The first kappa shape index (κ1) is 15.1. The van der Waals surface area contributed by atoms with Crippen LogP contribution in [0.5, 0.6) is 0 Å². The number of hydrogen-bond acceptors (Lipinski definition) is 4. The lowest BCUT2D eigenvalue weighted by Crippen LogP contribution is -2.29. The van der Waals surface area contributed by atoms with E-state index < -0.39 is 0 Å². The number of rotatable bonds is 9. The Bertz CT molecular complexity index is 327. The second-order valence-electron chi connectivity index (χ2n) is 4.51. The molecule has 1 heterocycles. The van der Waals surface area contributed by atoms with E-state index in [-0.39, 0.29) is 5.91 Å². The monoisotopic (exact) mass is 269 g/mol. The molecular formula is C13H23N3OS. The molecule has 1 amide bonds. The number of nitrogens with zero attached hydrogens (tertiary/aromatic N) is 1. The first-order valence-electron chi connectivity index (χ1n) is 6.42. The molecule has 4 nitrogen and oxygen atoms in total. The van der Waals surface area contributed by atoms with Crippen LogP contribution in [0.2, 0.25) is 0 Å². The molecule has 1 aromatic rings. The van der Waals surface area contributed by atoms with E-state index in [1.165, 1.54) is 4.88 Å². The van der Waals surface area contributed by atoms with E-state index in [0.29, 0.717) is 6.42 Å². The van der Waals surface area contributed by atoms with Crippen molar-refractivity contribution in [2.45, 2.75) is 32.1 Å². The summed E-state index contributed by atoms with van der Waals surface area (Å²) in [5, 5.41) is 2.12. The largest absolute Gasteiger partial charge is 0.306 e. The van der Waals surface area contributed by atoms with E-state index in [0.717, 1.165) is 38.8 Å². The van der Waals surface area contributed by atoms with Gasteiger partial charge in [-0.15, -0.1) is 11.3 Å². The minimum Gasteiger partial charge on any atom is -0.306 e. The van der Waals surface area contributed by atoms with E-state index in [1.54, 1.807) is 0 Å². The van der Waals surface area contributed by atoms with Crippen molar-refractivity contribution in [1.29, 1.82) is 0 Å². The number of hydrogen-bond donors (Lipinski definition) is 2. The van der Waals surface area contributed by atoms with Gasteiger partial charge >= 0.3 is 0 Å². The molecule has 102 valence electrons. The van der Waals surface area contributed by atoms with E-state index in [9.17, 15) is 4.79 Å². The number of carbonyl (C=O) groups excluding carboxylic acids is 1. The third-order valence-electron chi connectivity index (χ3n) is 2.92. The highest BCUT2D eigenvalue weighted by molar-refractivity contribution is 7.09. The SMILES string of the molecule is CN(CCCCCC(=O)NN)CCc1cccs1. The van der Waals surface area contributed by atoms with Crippen LogP contribution >= 0.6 is 11.3 Å². The Morgan fingerprint density at radius 2 is 2.22 bits per heavy atom. The Labute approximate surface area is 113 Å². The molecule has 3 N–H and O–H groups in total. The molecule has 0 fully saturated rings. The first-order chi connectivity index (χ1) is 8.72. The molecule has 0 saturated heterocycles. The van der Waals surface area contributed by atoms with E-state index in [1.807, 2.05) is 11.3 Å². The van der Waals surface area contributed by atoms with Crippen LogP contribution in [0.4, 0.5) is 0 Å². The van der Waals surface area contributed by atoms with Gasteiger partial charge in [-0.2, -0.15) is 0 Å². The number of nitrogens with two attached hydrogens (primary N) is 1. The van der Waals surface area contributed by atoms with Gasteiger partial charge in [0, 0.05) is 17.8 Å². The summed E-state index contributed by atoms with van der Waals surface area (Å²) in [5.41, 5.74) is 2.15. The zero-order valence-corrected chi connectivity index (χ0v) is 11.8. The summed E-state index contributed by atoms with van der Waals surface area (Å²) in [4.78, 5) is 14.7. The van der Waals surface area contributed by atoms with Gasteiger partial charge in [-0.25, -0.2) is 5.84 Å². The van der Waals surface area contributed by atoms with Crippen molar-refractivity contribution >= 4 is 17.2 Å². The molecule has 0 aliphatic heterocycles. The summed E-state index contributed by atoms with van der Waals surface area (Å²) >= 11 is 1.82. The molecule has 5 heteroatoms. The number of carbonyl (C=O) groups is 1. The van der Waals surface area contributed by atoms with Crippen LogP contribution in [0.1, 0.15) is 30.6 Å². The van der Waals surface area contributed by atoms with Crippen molar-refractivity contribution in [3.05, 3.63) is 22.4 Å². The fourth-order valence-corrected chi connectivity index (χ4v) is 2.48. The molecule has 0 aromatic carbocycles. The van der Waals surface area contributed by atoms with Crippen molar-refractivity contribution in [2.24, 2.45) is 5.84 Å². The van der Waals surface area contributed by atoms with Gasteiger partial charge < -0.3 is 4.90 Å². The maximum absolute atomic E-state index is 10.9. The maximum atomic E-state index is 10.9. The molecule has 0 saturated carbocycles. The van der Waals surface area contributed by atoms with Crippen molar-refractivity contribution in [1.82, 2.24) is 10.3 Å². The summed E-state index contributed by atoms with van der Waals surface area (Å²) in [6.07, 6.45) is 4.80. The summed E-state index contributed by atoms with van der Waals surface area (Å²) in [5.74, 6) is 4.95. The lowest BCUT2D eigenvalue weighted by Gasteiger charge is -2.15. The predicted molar refractivity (Wildman–Crippen MR) is 76.3 cm³/mol. The topological polar surface area (TPSA) is 58.4 Å². The Kier molecular flexibility index (Phi) is 7.64. The van der Waals surface area contributed by atoms with Crippen LogP contribution in [0, 0.1) is 0 Å². The number of amides is 1. The van der Waals surface area contributed by atoms with Crippen LogP contribution in [-0.2, 0) is 11.2 Å². The van der Waals surface area contributed by atoms with Crippen LogP contribution < -0.4 is 11.3 Å². The number of thiophene rings is 1. The van der Waals surface area contributed by atoms with Crippen molar-refractivity contribution in [2.75, 3.05) is 20.1 Å². The average molecular weight is 269 g/mol. The molecule has 0 aliphatic carbocycles. The molecule has 0 spiro atoms. The van der Waals surface area contributed by atoms with Gasteiger partial charge in [0.25, 0.3) is 0 Å². The maximum Gasteiger partial charge on any atom is 0.233 e. The summed E-state index contributed by atoms with van der Waals surface area (Å²) in [6.45, 7) is 2.19. The molecule has 0 atom stereocenters. The minimum atomic E-state index is -0.0685. The second kappa shape index (κ2) is 9.08. The highest BCUT2D eigenvalue weighted by Crippen LogP contribution is 2.09. The Hall–Kier alpha value is -0.910. The Morgan fingerprint density at radius 3 is 2.89 bits per heavy atom. The summed E-state index contributed by atoms with van der Waals surface area (Å²) in [6, 6.07) is 4.28. The summed E-state index contributed by atoms with van der Waals surface area (Å²) < 4.78 is 0. The molecule has 0 unspecified atom stereocenters. The Balaban J connectivity index is 1.96. The molecule has 0 aliphatic rings. The van der Waals surface area contributed by atoms with Crippen molar-refractivity contribution in [3.63, 3.8) is 0 Å². The van der Waals surface area contributed by atoms with Gasteiger partial charge in [-0.1, -0.05) is 12.5 Å². The second-order valence-corrected chi connectivity index (χ2v) is 5.54. The lowest BCUT2D eigenvalue weighted by molar-refractivity contribution is -0.121.